The first-order valence-corrected chi connectivity index (χ1v) is 9.24. The van der Waals surface area contributed by atoms with Crippen molar-refractivity contribution in [3.63, 3.8) is 0 Å². The zero-order valence-electron chi connectivity index (χ0n) is 12.6. The molecule has 2 heterocycles. The van der Waals surface area contributed by atoms with Gasteiger partial charge in [-0.25, -0.2) is 0 Å². The van der Waals surface area contributed by atoms with E-state index in [9.17, 15) is 4.79 Å². The van der Waals surface area contributed by atoms with E-state index in [2.05, 4.69) is 28.6 Å². The SMILES string of the molecule is CSCc1ccc(CNC2CCN(C(=O)C3CC3)CC2)o1. The number of nitrogens with zero attached hydrogens (tertiary/aromatic N) is 1. The van der Waals surface area contributed by atoms with Crippen molar-refractivity contribution in [2.45, 2.75) is 44.0 Å². The zero-order valence-corrected chi connectivity index (χ0v) is 13.5. The fourth-order valence-electron chi connectivity index (χ4n) is 2.87. The second-order valence-electron chi connectivity index (χ2n) is 6.06. The number of amides is 1. The molecule has 5 heteroatoms. The molecule has 3 rings (SSSR count). The van der Waals surface area contributed by atoms with Gasteiger partial charge >= 0.3 is 0 Å². The van der Waals surface area contributed by atoms with Gasteiger partial charge in [0.1, 0.15) is 11.5 Å². The molecule has 116 valence electrons. The number of thioether (sulfide) groups is 1. The second-order valence-corrected chi connectivity index (χ2v) is 6.92. The topological polar surface area (TPSA) is 45.5 Å². The van der Waals surface area contributed by atoms with Gasteiger partial charge in [0.2, 0.25) is 5.91 Å². The van der Waals surface area contributed by atoms with Crippen molar-refractivity contribution < 1.29 is 9.21 Å². The summed E-state index contributed by atoms with van der Waals surface area (Å²) in [5, 5.41) is 3.56. The van der Waals surface area contributed by atoms with Crippen molar-refractivity contribution in [3.8, 4) is 0 Å². The van der Waals surface area contributed by atoms with E-state index in [0.29, 0.717) is 17.9 Å². The lowest BCUT2D eigenvalue weighted by atomic mass is 10.0. The first-order valence-electron chi connectivity index (χ1n) is 7.85. The van der Waals surface area contributed by atoms with Crippen molar-refractivity contribution in [3.05, 3.63) is 23.7 Å². The third kappa shape index (κ3) is 4.04. The summed E-state index contributed by atoms with van der Waals surface area (Å²) in [6.07, 6.45) is 6.40. The molecule has 1 aromatic rings. The maximum Gasteiger partial charge on any atom is 0.225 e. The standard InChI is InChI=1S/C16H24N2O2S/c1-21-11-15-5-4-14(20-15)10-17-13-6-8-18(9-7-13)16(19)12-2-3-12/h4-5,12-13,17H,2-3,6-11H2,1H3. The van der Waals surface area contributed by atoms with E-state index in [0.717, 1.165) is 62.6 Å². The van der Waals surface area contributed by atoms with E-state index in [-0.39, 0.29) is 0 Å². The van der Waals surface area contributed by atoms with E-state index >= 15 is 0 Å². The summed E-state index contributed by atoms with van der Waals surface area (Å²) in [4.78, 5) is 14.1. The lowest BCUT2D eigenvalue weighted by Crippen LogP contribution is -2.45. The van der Waals surface area contributed by atoms with Crippen LogP contribution in [0.2, 0.25) is 0 Å². The van der Waals surface area contributed by atoms with Gasteiger partial charge in [-0.05, 0) is 44.1 Å². The second kappa shape index (κ2) is 6.88. The van der Waals surface area contributed by atoms with Gasteiger partial charge in [-0.1, -0.05) is 0 Å². The molecule has 1 aliphatic heterocycles. The number of carbonyl (C=O) groups excluding carboxylic acids is 1. The quantitative estimate of drug-likeness (QED) is 0.877. The van der Waals surface area contributed by atoms with Gasteiger partial charge in [0.15, 0.2) is 0 Å². The fraction of sp³-hybridized carbons (Fsp3) is 0.688. The molecule has 1 N–H and O–H groups in total. The van der Waals surface area contributed by atoms with E-state index in [1.165, 1.54) is 0 Å². The molecule has 0 spiro atoms. The first-order chi connectivity index (χ1) is 10.3. The number of hydrogen-bond acceptors (Lipinski definition) is 4. The molecular formula is C16H24N2O2S. The van der Waals surface area contributed by atoms with E-state index in [1.54, 1.807) is 11.8 Å². The zero-order chi connectivity index (χ0) is 14.7. The van der Waals surface area contributed by atoms with Gasteiger partial charge in [-0.15, -0.1) is 0 Å². The van der Waals surface area contributed by atoms with Crippen LogP contribution in [0.5, 0.6) is 0 Å². The lowest BCUT2D eigenvalue weighted by molar-refractivity contribution is -0.133. The molecule has 1 saturated heterocycles. The average Bonchev–Trinajstić information content (AvgIpc) is 3.26. The van der Waals surface area contributed by atoms with E-state index < -0.39 is 0 Å². The maximum absolute atomic E-state index is 12.0. The molecule has 0 radical (unpaired) electrons. The van der Waals surface area contributed by atoms with Crippen molar-refractivity contribution in [1.82, 2.24) is 10.2 Å². The summed E-state index contributed by atoms with van der Waals surface area (Å²) < 4.78 is 5.77. The predicted octanol–water partition coefficient (Wildman–Crippen LogP) is 2.63. The van der Waals surface area contributed by atoms with Gasteiger partial charge in [-0.3, -0.25) is 4.79 Å². The van der Waals surface area contributed by atoms with Gasteiger partial charge in [0.25, 0.3) is 0 Å². The van der Waals surface area contributed by atoms with Crippen molar-refractivity contribution in [1.29, 1.82) is 0 Å². The third-order valence-corrected chi connectivity index (χ3v) is 4.88. The minimum absolute atomic E-state index is 0.354. The van der Waals surface area contributed by atoms with E-state index in [1.807, 2.05) is 0 Å². The van der Waals surface area contributed by atoms with Crippen molar-refractivity contribution in [2.75, 3.05) is 19.3 Å². The molecule has 4 nitrogen and oxygen atoms in total. The Morgan fingerprint density at radius 3 is 2.67 bits per heavy atom. The summed E-state index contributed by atoms with van der Waals surface area (Å²) >= 11 is 1.77. The van der Waals surface area contributed by atoms with Crippen LogP contribution in [0.3, 0.4) is 0 Å². The molecular weight excluding hydrogens is 284 g/mol. The number of likely N-dealkylation sites (tertiary alicyclic amines) is 1. The van der Waals surface area contributed by atoms with Crippen LogP contribution in [0.25, 0.3) is 0 Å². The minimum Gasteiger partial charge on any atom is -0.464 e. The highest BCUT2D eigenvalue weighted by Gasteiger charge is 2.34. The van der Waals surface area contributed by atoms with Gasteiger partial charge in [-0.2, -0.15) is 11.8 Å². The predicted molar refractivity (Wildman–Crippen MR) is 85.1 cm³/mol. The normalized spacial score (nSPS) is 20.0. The Hall–Kier alpha value is -0.940. The summed E-state index contributed by atoms with van der Waals surface area (Å²) in [5.41, 5.74) is 0. The molecule has 0 unspecified atom stereocenters. The van der Waals surface area contributed by atoms with E-state index in [4.69, 9.17) is 4.42 Å². The Morgan fingerprint density at radius 1 is 1.29 bits per heavy atom. The van der Waals surface area contributed by atoms with Gasteiger partial charge < -0.3 is 14.6 Å². The van der Waals surface area contributed by atoms with Crippen LogP contribution in [-0.4, -0.2) is 36.2 Å². The number of hydrogen-bond donors (Lipinski definition) is 1. The van der Waals surface area contributed by atoms with Crippen LogP contribution in [0.15, 0.2) is 16.5 Å². The Morgan fingerprint density at radius 2 is 2.00 bits per heavy atom. The molecule has 1 aliphatic carbocycles. The molecule has 2 aliphatic rings. The lowest BCUT2D eigenvalue weighted by Gasteiger charge is -2.32. The number of rotatable bonds is 6. The molecule has 0 atom stereocenters. The highest BCUT2D eigenvalue weighted by atomic mass is 32.2. The summed E-state index contributed by atoms with van der Waals surface area (Å²) in [5.74, 6) is 3.73. The number of carbonyl (C=O) groups is 1. The number of nitrogens with one attached hydrogen (secondary N) is 1. The van der Waals surface area contributed by atoms with Crippen molar-refractivity contribution in [2.24, 2.45) is 5.92 Å². The Labute approximate surface area is 130 Å². The Bertz CT molecular complexity index is 476. The van der Waals surface area contributed by atoms with Crippen LogP contribution in [0.4, 0.5) is 0 Å². The average molecular weight is 308 g/mol. The highest BCUT2D eigenvalue weighted by Crippen LogP contribution is 2.31. The summed E-state index contributed by atoms with van der Waals surface area (Å²) in [6, 6.07) is 4.62. The Kier molecular flexibility index (Phi) is 4.91. The number of furan rings is 1. The Balaban J connectivity index is 1.39. The smallest absolute Gasteiger partial charge is 0.225 e. The summed E-state index contributed by atoms with van der Waals surface area (Å²) in [7, 11) is 0. The molecule has 0 aromatic carbocycles. The van der Waals surface area contributed by atoms with Crippen LogP contribution < -0.4 is 5.32 Å². The van der Waals surface area contributed by atoms with Crippen LogP contribution >= 0.6 is 11.8 Å². The molecule has 0 bridgehead atoms. The maximum atomic E-state index is 12.0. The van der Waals surface area contributed by atoms with Gasteiger partial charge in [0.05, 0.1) is 12.3 Å². The fourth-order valence-corrected chi connectivity index (χ4v) is 3.31. The summed E-state index contributed by atoms with van der Waals surface area (Å²) in [6.45, 7) is 2.60. The van der Waals surface area contributed by atoms with Crippen molar-refractivity contribution >= 4 is 17.7 Å². The highest BCUT2D eigenvalue weighted by molar-refractivity contribution is 7.97. The minimum atomic E-state index is 0.354. The molecule has 1 saturated carbocycles. The van der Waals surface area contributed by atoms with Crippen LogP contribution in [0, 0.1) is 5.92 Å². The monoisotopic (exact) mass is 308 g/mol. The molecule has 2 fully saturated rings. The first kappa shape index (κ1) is 15.0. The van der Waals surface area contributed by atoms with Gasteiger partial charge in [0, 0.05) is 25.0 Å². The third-order valence-electron chi connectivity index (χ3n) is 4.30. The molecule has 21 heavy (non-hydrogen) atoms. The van der Waals surface area contributed by atoms with Crippen LogP contribution in [-0.2, 0) is 17.1 Å². The van der Waals surface area contributed by atoms with Crippen LogP contribution in [0.1, 0.15) is 37.2 Å². The molecule has 1 amide bonds. The largest absolute Gasteiger partial charge is 0.464 e. The number of piperidine rings is 1. The molecule has 1 aromatic heterocycles.